The molecule has 2 heterocycles. The van der Waals surface area contributed by atoms with E-state index >= 15 is 0 Å². The van der Waals surface area contributed by atoms with Gasteiger partial charge in [-0.1, -0.05) is 29.3 Å². The van der Waals surface area contributed by atoms with Crippen LogP contribution in [0.15, 0.2) is 42.7 Å². The van der Waals surface area contributed by atoms with Crippen molar-refractivity contribution in [1.82, 2.24) is 40.4 Å². The maximum atomic E-state index is 12.4. The van der Waals surface area contributed by atoms with Gasteiger partial charge in [0.2, 0.25) is 11.7 Å². The van der Waals surface area contributed by atoms with Gasteiger partial charge in [0.1, 0.15) is 12.9 Å². The van der Waals surface area contributed by atoms with E-state index in [9.17, 15) is 4.79 Å². The Morgan fingerprint density at radius 2 is 2.03 bits per heavy atom. The Hall–Kier alpha value is -3.37. The van der Waals surface area contributed by atoms with Crippen LogP contribution in [0.4, 0.5) is 5.69 Å². The highest BCUT2D eigenvalue weighted by Gasteiger charge is 2.16. The van der Waals surface area contributed by atoms with Gasteiger partial charge in [-0.15, -0.1) is 15.3 Å². The minimum atomic E-state index is -0.309. The molecule has 0 aliphatic carbocycles. The molecule has 0 bridgehead atoms. The summed E-state index contributed by atoms with van der Waals surface area (Å²) in [6.45, 7) is 1.71. The number of nitrogens with zero attached hydrogens (tertiary/aromatic N) is 8. The summed E-state index contributed by atoms with van der Waals surface area (Å²) >= 11 is 12.2. The standard InChI is InChI=1S/C17H13Cl2N9O/c1-10-13(19)3-2-4-14(10)21-16(29)8-28-23-17(22-25-28)12-6-5-11(18)7-15(12)27-9-20-24-26-27/h2-7,9H,8H2,1H3,(H,21,29). The van der Waals surface area contributed by atoms with E-state index in [1.165, 1.54) is 15.8 Å². The summed E-state index contributed by atoms with van der Waals surface area (Å²) in [4.78, 5) is 13.6. The Balaban J connectivity index is 1.55. The molecular weight excluding hydrogens is 417 g/mol. The molecule has 1 amide bonds. The van der Waals surface area contributed by atoms with Crippen molar-refractivity contribution in [1.29, 1.82) is 0 Å². The van der Waals surface area contributed by atoms with Crippen LogP contribution in [-0.2, 0) is 11.3 Å². The number of rotatable bonds is 5. The number of amides is 1. The SMILES string of the molecule is Cc1c(Cl)cccc1NC(=O)Cn1nnc(-c2ccc(Cl)cc2-n2cnnn2)n1. The average Bonchev–Trinajstić information content (AvgIpc) is 3.37. The largest absolute Gasteiger partial charge is 0.324 e. The van der Waals surface area contributed by atoms with Crippen LogP contribution < -0.4 is 5.32 Å². The minimum Gasteiger partial charge on any atom is -0.324 e. The highest BCUT2D eigenvalue weighted by molar-refractivity contribution is 6.31. The number of carbonyl (C=O) groups is 1. The molecule has 4 aromatic rings. The van der Waals surface area contributed by atoms with Gasteiger partial charge in [-0.2, -0.15) is 9.48 Å². The Kier molecular flexibility index (Phi) is 5.19. The van der Waals surface area contributed by atoms with Gasteiger partial charge in [-0.05, 0) is 58.5 Å². The van der Waals surface area contributed by atoms with E-state index in [1.807, 2.05) is 6.92 Å². The van der Waals surface area contributed by atoms with Crippen molar-refractivity contribution in [3.05, 3.63) is 58.3 Å². The second kappa shape index (κ2) is 7.94. The first kappa shape index (κ1) is 19.0. The van der Waals surface area contributed by atoms with Crippen molar-refractivity contribution < 1.29 is 4.79 Å². The zero-order valence-corrected chi connectivity index (χ0v) is 16.5. The van der Waals surface area contributed by atoms with Gasteiger partial charge in [0.25, 0.3) is 0 Å². The lowest BCUT2D eigenvalue weighted by Gasteiger charge is -2.08. The average molecular weight is 430 g/mol. The topological polar surface area (TPSA) is 116 Å². The summed E-state index contributed by atoms with van der Waals surface area (Å²) in [6, 6.07) is 10.4. The van der Waals surface area contributed by atoms with Crippen LogP contribution in [0.5, 0.6) is 0 Å². The molecule has 10 nitrogen and oxygen atoms in total. The van der Waals surface area contributed by atoms with E-state index in [4.69, 9.17) is 23.2 Å². The molecule has 0 saturated heterocycles. The van der Waals surface area contributed by atoms with Gasteiger partial charge < -0.3 is 5.32 Å². The Morgan fingerprint density at radius 3 is 2.83 bits per heavy atom. The maximum absolute atomic E-state index is 12.4. The van der Waals surface area contributed by atoms with E-state index in [1.54, 1.807) is 36.4 Å². The van der Waals surface area contributed by atoms with Gasteiger partial charge in [-0.3, -0.25) is 4.79 Å². The number of aromatic nitrogens is 8. The second-order valence-electron chi connectivity index (χ2n) is 6.02. The lowest BCUT2D eigenvalue weighted by Crippen LogP contribution is -2.21. The quantitative estimate of drug-likeness (QED) is 0.517. The summed E-state index contributed by atoms with van der Waals surface area (Å²) in [5.74, 6) is -0.00461. The number of halogens is 2. The number of nitrogens with one attached hydrogen (secondary N) is 1. The third-order valence-corrected chi connectivity index (χ3v) is 4.72. The maximum Gasteiger partial charge on any atom is 0.248 e. The lowest BCUT2D eigenvalue weighted by atomic mass is 10.1. The van der Waals surface area contributed by atoms with Crippen molar-refractivity contribution >= 4 is 34.8 Å². The lowest BCUT2D eigenvalue weighted by molar-refractivity contribution is -0.117. The molecular formula is C17H13Cl2N9O. The molecule has 0 saturated carbocycles. The molecule has 2 aromatic carbocycles. The zero-order valence-electron chi connectivity index (χ0n) is 15.0. The van der Waals surface area contributed by atoms with Crippen molar-refractivity contribution in [2.45, 2.75) is 13.5 Å². The van der Waals surface area contributed by atoms with Crippen LogP contribution >= 0.6 is 23.2 Å². The summed E-state index contributed by atoms with van der Waals surface area (Å²) in [7, 11) is 0. The first-order valence-electron chi connectivity index (χ1n) is 8.37. The summed E-state index contributed by atoms with van der Waals surface area (Å²) in [5, 5.41) is 27.3. The predicted molar refractivity (Wildman–Crippen MR) is 106 cm³/mol. The molecule has 0 atom stereocenters. The Morgan fingerprint density at radius 1 is 1.17 bits per heavy atom. The van der Waals surface area contributed by atoms with Gasteiger partial charge >= 0.3 is 0 Å². The Bertz CT molecular complexity index is 1170. The van der Waals surface area contributed by atoms with Crippen LogP contribution in [0.1, 0.15) is 5.56 Å². The van der Waals surface area contributed by atoms with Gasteiger partial charge in [0, 0.05) is 21.3 Å². The zero-order chi connectivity index (χ0) is 20.4. The molecule has 1 N–H and O–H groups in total. The summed E-state index contributed by atoms with van der Waals surface area (Å²) in [5.41, 5.74) is 2.60. The molecule has 0 fully saturated rings. The van der Waals surface area contributed by atoms with Crippen molar-refractivity contribution in [3.8, 4) is 17.1 Å². The predicted octanol–water partition coefficient (Wildman–Crippen LogP) is 2.57. The second-order valence-corrected chi connectivity index (χ2v) is 6.86. The number of hydrogen-bond acceptors (Lipinski definition) is 7. The minimum absolute atomic E-state index is 0.118. The van der Waals surface area contributed by atoms with Crippen LogP contribution in [0, 0.1) is 6.92 Å². The van der Waals surface area contributed by atoms with Gasteiger partial charge in [-0.25, -0.2) is 0 Å². The third kappa shape index (κ3) is 4.08. The van der Waals surface area contributed by atoms with E-state index in [2.05, 4.69) is 36.3 Å². The van der Waals surface area contributed by atoms with Crippen LogP contribution in [-0.4, -0.2) is 46.3 Å². The van der Waals surface area contributed by atoms with E-state index in [0.717, 1.165) is 5.56 Å². The molecule has 29 heavy (non-hydrogen) atoms. The van der Waals surface area contributed by atoms with Gasteiger partial charge in [0.15, 0.2) is 0 Å². The molecule has 0 spiro atoms. The molecule has 4 rings (SSSR count). The molecule has 0 aliphatic rings. The smallest absolute Gasteiger partial charge is 0.248 e. The van der Waals surface area contributed by atoms with Crippen molar-refractivity contribution in [3.63, 3.8) is 0 Å². The van der Waals surface area contributed by atoms with Crippen molar-refractivity contribution in [2.75, 3.05) is 5.32 Å². The monoisotopic (exact) mass is 429 g/mol. The number of tetrazole rings is 2. The third-order valence-electron chi connectivity index (χ3n) is 4.08. The highest BCUT2D eigenvalue weighted by Crippen LogP contribution is 2.26. The highest BCUT2D eigenvalue weighted by atomic mass is 35.5. The van der Waals surface area contributed by atoms with Crippen LogP contribution in [0.3, 0.4) is 0 Å². The molecule has 12 heteroatoms. The van der Waals surface area contributed by atoms with Crippen LogP contribution in [0.25, 0.3) is 17.1 Å². The number of hydrogen-bond donors (Lipinski definition) is 1. The van der Waals surface area contributed by atoms with E-state index < -0.39 is 0 Å². The summed E-state index contributed by atoms with van der Waals surface area (Å²) < 4.78 is 1.44. The molecule has 0 radical (unpaired) electrons. The Labute approximate surface area is 174 Å². The molecule has 2 aromatic heterocycles. The number of anilines is 1. The fraction of sp³-hybridized carbons (Fsp3) is 0.118. The van der Waals surface area contributed by atoms with Crippen molar-refractivity contribution in [2.24, 2.45) is 0 Å². The normalized spacial score (nSPS) is 10.9. The van der Waals surface area contributed by atoms with Crippen LogP contribution in [0.2, 0.25) is 10.0 Å². The molecule has 0 unspecified atom stereocenters. The molecule has 146 valence electrons. The first-order valence-corrected chi connectivity index (χ1v) is 9.13. The molecule has 0 aliphatic heterocycles. The number of carbonyl (C=O) groups excluding carboxylic acids is 1. The summed E-state index contributed by atoms with van der Waals surface area (Å²) in [6.07, 6.45) is 1.43. The van der Waals surface area contributed by atoms with E-state index in [-0.39, 0.29) is 12.5 Å². The van der Waals surface area contributed by atoms with Gasteiger partial charge in [0.05, 0.1) is 5.69 Å². The number of benzene rings is 2. The first-order chi connectivity index (χ1) is 14.0. The fourth-order valence-electron chi connectivity index (χ4n) is 2.63. The fourth-order valence-corrected chi connectivity index (χ4v) is 2.98. The van der Waals surface area contributed by atoms with E-state index in [0.29, 0.717) is 32.8 Å².